The predicted molar refractivity (Wildman–Crippen MR) is 90.9 cm³/mol. The fourth-order valence-corrected chi connectivity index (χ4v) is 3.35. The minimum atomic E-state index is -3.77. The Bertz CT molecular complexity index is 210. The molecule has 0 atom stereocenters. The molecule has 0 saturated heterocycles. The quantitative estimate of drug-likeness (QED) is 0.260. The van der Waals surface area contributed by atoms with Crippen molar-refractivity contribution in [3.05, 3.63) is 0 Å². The second-order valence-corrected chi connectivity index (χ2v) is 8.31. The SMILES string of the molecule is NCCCCCCCCCCCCCCCC[Si](O)(O)O. The second kappa shape index (κ2) is 15.0. The molecule has 0 fully saturated rings. The zero-order chi connectivity index (χ0) is 15.8. The van der Waals surface area contributed by atoms with E-state index in [1.807, 2.05) is 0 Å². The topological polar surface area (TPSA) is 86.7 Å². The van der Waals surface area contributed by atoms with Crippen LogP contribution in [0.5, 0.6) is 0 Å². The zero-order valence-corrected chi connectivity index (χ0v) is 14.7. The largest absolute Gasteiger partial charge is 0.492 e. The maximum atomic E-state index is 8.87. The molecule has 0 bridgehead atoms. The van der Waals surface area contributed by atoms with Gasteiger partial charge in [0, 0.05) is 6.04 Å². The molecule has 0 heterocycles. The molecule has 0 spiro atoms. The van der Waals surface area contributed by atoms with Gasteiger partial charge < -0.3 is 20.1 Å². The lowest BCUT2D eigenvalue weighted by atomic mass is 10.0. The highest BCUT2D eigenvalue weighted by molar-refractivity contribution is 6.56. The second-order valence-electron chi connectivity index (χ2n) is 6.26. The Morgan fingerprint density at radius 2 is 0.762 bits per heavy atom. The normalized spacial score (nSPS) is 12.0. The molecular weight excluding hydrogens is 282 g/mol. The molecule has 128 valence electrons. The standard InChI is InChI=1S/C16H37NO3Si/c17-15-13-11-9-7-5-3-1-2-4-6-8-10-12-14-16-21(18,19)20/h18-20H,1-17H2. The van der Waals surface area contributed by atoms with Crippen molar-refractivity contribution in [3.8, 4) is 0 Å². The number of hydrogen-bond acceptors (Lipinski definition) is 4. The van der Waals surface area contributed by atoms with E-state index in [1.54, 1.807) is 0 Å². The molecule has 4 nitrogen and oxygen atoms in total. The maximum absolute atomic E-state index is 8.87. The summed E-state index contributed by atoms with van der Waals surface area (Å²) in [5.74, 6) is 0. The van der Waals surface area contributed by atoms with Crippen molar-refractivity contribution < 1.29 is 14.4 Å². The first-order valence-corrected chi connectivity index (χ1v) is 11.0. The van der Waals surface area contributed by atoms with Gasteiger partial charge in [0.15, 0.2) is 0 Å². The van der Waals surface area contributed by atoms with E-state index in [-0.39, 0.29) is 6.04 Å². The molecule has 0 unspecified atom stereocenters. The molecule has 0 rings (SSSR count). The van der Waals surface area contributed by atoms with Crippen LogP contribution in [0.3, 0.4) is 0 Å². The van der Waals surface area contributed by atoms with Gasteiger partial charge in [-0.05, 0) is 19.4 Å². The van der Waals surface area contributed by atoms with Gasteiger partial charge in [0.2, 0.25) is 0 Å². The van der Waals surface area contributed by atoms with Gasteiger partial charge in [-0.1, -0.05) is 77.0 Å². The average molecular weight is 320 g/mol. The average Bonchev–Trinajstić information content (AvgIpc) is 2.42. The molecule has 0 aromatic heterocycles. The summed E-state index contributed by atoms with van der Waals surface area (Å²) in [5.41, 5.74) is 5.46. The van der Waals surface area contributed by atoms with Crippen molar-refractivity contribution in [2.45, 2.75) is 95.9 Å². The molecule has 0 aromatic rings. The van der Waals surface area contributed by atoms with Crippen LogP contribution in [-0.2, 0) is 0 Å². The molecule has 0 saturated carbocycles. The first kappa shape index (κ1) is 21.1. The van der Waals surface area contributed by atoms with Crippen LogP contribution >= 0.6 is 0 Å². The smallest absolute Gasteiger partial charge is 0.390 e. The van der Waals surface area contributed by atoms with Crippen molar-refractivity contribution in [1.82, 2.24) is 0 Å². The molecule has 0 aliphatic heterocycles. The summed E-state index contributed by atoms with van der Waals surface area (Å²) in [6.45, 7) is 0.836. The van der Waals surface area contributed by atoms with Crippen LogP contribution in [0, 0.1) is 0 Å². The van der Waals surface area contributed by atoms with E-state index in [0.717, 1.165) is 25.8 Å². The molecule has 5 N–H and O–H groups in total. The van der Waals surface area contributed by atoms with Gasteiger partial charge in [-0.15, -0.1) is 0 Å². The number of unbranched alkanes of at least 4 members (excludes halogenated alkanes) is 13. The molecule has 0 aliphatic carbocycles. The Kier molecular flexibility index (Phi) is 15.0. The molecule has 0 aliphatic rings. The minimum Gasteiger partial charge on any atom is -0.390 e. The van der Waals surface area contributed by atoms with Gasteiger partial charge in [-0.2, -0.15) is 0 Å². The van der Waals surface area contributed by atoms with Gasteiger partial charge in [0.05, 0.1) is 0 Å². The van der Waals surface area contributed by atoms with Crippen molar-refractivity contribution in [1.29, 1.82) is 0 Å². The summed E-state index contributed by atoms with van der Waals surface area (Å²) in [5, 5.41) is 0. The molecule has 5 heteroatoms. The summed E-state index contributed by atoms with van der Waals surface area (Å²) in [6.07, 6.45) is 17.4. The lowest BCUT2D eigenvalue weighted by molar-refractivity contribution is 0.226. The van der Waals surface area contributed by atoms with Crippen LogP contribution in [-0.4, -0.2) is 29.7 Å². The number of nitrogens with two attached hydrogens (primary N) is 1. The summed E-state index contributed by atoms with van der Waals surface area (Å²) in [4.78, 5) is 26.6. The van der Waals surface area contributed by atoms with Crippen LogP contribution in [0.25, 0.3) is 0 Å². The Labute approximate surface area is 132 Å². The Morgan fingerprint density at radius 3 is 1.05 bits per heavy atom. The molecule has 0 radical (unpaired) electrons. The third-order valence-electron chi connectivity index (χ3n) is 3.97. The van der Waals surface area contributed by atoms with E-state index in [0.29, 0.717) is 0 Å². The Balaban J connectivity index is 3.00. The molecule has 21 heavy (non-hydrogen) atoms. The van der Waals surface area contributed by atoms with Gasteiger partial charge in [-0.3, -0.25) is 0 Å². The maximum Gasteiger partial charge on any atom is 0.492 e. The van der Waals surface area contributed by atoms with E-state index in [1.165, 1.54) is 70.6 Å². The van der Waals surface area contributed by atoms with Crippen LogP contribution in [0.1, 0.15) is 89.9 Å². The van der Waals surface area contributed by atoms with Crippen LogP contribution in [0.15, 0.2) is 0 Å². The molecular formula is C16H37NO3Si. The fourth-order valence-electron chi connectivity index (χ4n) is 2.63. The van der Waals surface area contributed by atoms with E-state index in [9.17, 15) is 0 Å². The van der Waals surface area contributed by atoms with Gasteiger partial charge in [0.1, 0.15) is 0 Å². The van der Waals surface area contributed by atoms with Gasteiger partial charge >= 0.3 is 8.80 Å². The van der Waals surface area contributed by atoms with E-state index < -0.39 is 8.80 Å². The number of hydrogen-bond donors (Lipinski definition) is 4. The lowest BCUT2D eigenvalue weighted by Crippen LogP contribution is -2.33. The zero-order valence-electron chi connectivity index (χ0n) is 13.7. The summed E-state index contributed by atoms with van der Waals surface area (Å²) < 4.78 is 0. The predicted octanol–water partition coefficient (Wildman–Crippen LogP) is 3.32. The lowest BCUT2D eigenvalue weighted by Gasteiger charge is -2.08. The van der Waals surface area contributed by atoms with Crippen LogP contribution in [0.4, 0.5) is 0 Å². The fraction of sp³-hybridized carbons (Fsp3) is 1.00. The van der Waals surface area contributed by atoms with Crippen molar-refractivity contribution in [2.24, 2.45) is 5.73 Å². The third kappa shape index (κ3) is 20.1. The summed E-state index contributed by atoms with van der Waals surface area (Å²) in [7, 11) is -3.77. The Hall–Kier alpha value is 0.0569. The van der Waals surface area contributed by atoms with Crippen LogP contribution < -0.4 is 5.73 Å². The van der Waals surface area contributed by atoms with Gasteiger partial charge in [-0.25, -0.2) is 0 Å². The molecule has 0 amide bonds. The summed E-state index contributed by atoms with van der Waals surface area (Å²) >= 11 is 0. The molecule has 0 aromatic carbocycles. The third-order valence-corrected chi connectivity index (χ3v) is 4.99. The highest BCUT2D eigenvalue weighted by Crippen LogP contribution is 2.14. The minimum absolute atomic E-state index is 0.193. The first-order valence-electron chi connectivity index (χ1n) is 8.93. The van der Waals surface area contributed by atoms with Crippen molar-refractivity contribution in [3.63, 3.8) is 0 Å². The first-order chi connectivity index (χ1) is 10.1. The summed E-state index contributed by atoms with van der Waals surface area (Å²) in [6, 6.07) is 0.193. The van der Waals surface area contributed by atoms with Crippen molar-refractivity contribution in [2.75, 3.05) is 6.54 Å². The van der Waals surface area contributed by atoms with Crippen molar-refractivity contribution >= 4 is 8.80 Å². The van der Waals surface area contributed by atoms with E-state index in [4.69, 9.17) is 20.1 Å². The highest BCUT2D eigenvalue weighted by Gasteiger charge is 2.25. The highest BCUT2D eigenvalue weighted by atomic mass is 28.4. The Morgan fingerprint density at radius 1 is 0.476 bits per heavy atom. The van der Waals surface area contributed by atoms with Crippen LogP contribution in [0.2, 0.25) is 6.04 Å². The van der Waals surface area contributed by atoms with E-state index in [2.05, 4.69) is 0 Å². The monoisotopic (exact) mass is 319 g/mol. The van der Waals surface area contributed by atoms with Gasteiger partial charge in [0.25, 0.3) is 0 Å². The van der Waals surface area contributed by atoms with E-state index >= 15 is 0 Å². The number of rotatable bonds is 16.